The number of methoxy groups -OCH3 is 1. The molecule has 0 unspecified atom stereocenters. The van der Waals surface area contributed by atoms with Crippen LogP contribution in [0.5, 0.6) is 5.75 Å². The lowest BCUT2D eigenvalue weighted by Gasteiger charge is -2.20. The number of alkyl halides is 3. The number of nitrogens with zero attached hydrogens (tertiary/aromatic N) is 2. The third-order valence-electron chi connectivity index (χ3n) is 4.27. The van der Waals surface area contributed by atoms with Crippen LogP contribution in [0.2, 0.25) is 0 Å². The van der Waals surface area contributed by atoms with E-state index < -0.39 is 21.7 Å². The molecule has 0 N–H and O–H groups in total. The van der Waals surface area contributed by atoms with E-state index in [1.54, 1.807) is 5.38 Å². The van der Waals surface area contributed by atoms with E-state index in [2.05, 4.69) is 21.0 Å². The van der Waals surface area contributed by atoms with Crippen LogP contribution < -0.4 is 4.74 Å². The van der Waals surface area contributed by atoms with Gasteiger partial charge in [-0.1, -0.05) is 18.1 Å². The molecule has 1 aromatic heterocycles. The summed E-state index contributed by atoms with van der Waals surface area (Å²) in [5, 5.41) is 11.9. The number of aromatic nitrogens is 1. The lowest BCUT2D eigenvalue weighted by Crippen LogP contribution is -2.27. The Kier molecular flexibility index (Phi) is 7.08. The summed E-state index contributed by atoms with van der Waals surface area (Å²) in [6.45, 7) is 1.81. The molecular formula is C22H15F3N2O4S2. The second-order valence-corrected chi connectivity index (χ2v) is 9.23. The van der Waals surface area contributed by atoms with Gasteiger partial charge < -0.3 is 4.74 Å². The van der Waals surface area contributed by atoms with Gasteiger partial charge in [-0.3, -0.25) is 4.18 Å². The maximum atomic E-state index is 13.1. The number of nitriles is 1. The first-order chi connectivity index (χ1) is 15.5. The average molecular weight is 493 g/mol. The summed E-state index contributed by atoms with van der Waals surface area (Å²) in [7, 11) is -4.55. The lowest BCUT2D eigenvalue weighted by atomic mass is 9.97. The van der Waals surface area contributed by atoms with Gasteiger partial charge in [-0.2, -0.15) is 26.9 Å². The van der Waals surface area contributed by atoms with Gasteiger partial charge in [0.1, 0.15) is 17.5 Å². The van der Waals surface area contributed by atoms with Crippen molar-refractivity contribution in [1.29, 1.82) is 5.26 Å². The quantitative estimate of drug-likeness (QED) is 0.292. The maximum Gasteiger partial charge on any atom is 0.523 e. The molecule has 3 rings (SSSR count). The van der Waals surface area contributed by atoms with Gasteiger partial charge in [-0.15, -0.1) is 11.3 Å². The molecule has 0 bridgehead atoms. The molecule has 0 spiro atoms. The van der Waals surface area contributed by atoms with E-state index in [-0.39, 0.29) is 22.3 Å². The summed E-state index contributed by atoms with van der Waals surface area (Å²) in [6.07, 6.45) is -1.68. The summed E-state index contributed by atoms with van der Waals surface area (Å²) in [4.78, 5) is 4.20. The molecule has 0 amide bonds. The van der Waals surface area contributed by atoms with E-state index in [1.165, 1.54) is 60.9 Å². The van der Waals surface area contributed by atoms with Crippen molar-refractivity contribution in [2.24, 2.45) is 0 Å². The molecule has 1 atom stereocenters. The Balaban J connectivity index is 2.12. The van der Waals surface area contributed by atoms with E-state index >= 15 is 0 Å². The Morgan fingerprint density at radius 1 is 1.06 bits per heavy atom. The number of hydrogen-bond acceptors (Lipinski definition) is 7. The van der Waals surface area contributed by atoms with Crippen LogP contribution in [0.4, 0.5) is 13.2 Å². The van der Waals surface area contributed by atoms with Crippen molar-refractivity contribution in [3.63, 3.8) is 0 Å². The van der Waals surface area contributed by atoms with Gasteiger partial charge in [-0.25, -0.2) is 4.98 Å². The first-order valence-corrected chi connectivity index (χ1v) is 11.4. The molecule has 11 heteroatoms. The third-order valence-corrected chi connectivity index (χ3v) is 6.05. The Bertz CT molecular complexity index is 1360. The highest BCUT2D eigenvalue weighted by atomic mass is 32.2. The number of rotatable bonds is 5. The van der Waals surface area contributed by atoms with Gasteiger partial charge in [0.15, 0.2) is 0 Å². The Morgan fingerprint density at radius 3 is 2.27 bits per heavy atom. The number of thiazole rings is 1. The largest absolute Gasteiger partial charge is 0.523 e. The van der Waals surface area contributed by atoms with Gasteiger partial charge in [0.2, 0.25) is 0 Å². The fourth-order valence-electron chi connectivity index (χ4n) is 2.76. The summed E-state index contributed by atoms with van der Waals surface area (Å²) in [5.74, 6) is 6.02. The van der Waals surface area contributed by atoms with Gasteiger partial charge >= 0.3 is 15.6 Å². The highest BCUT2D eigenvalue weighted by Gasteiger charge is 2.49. The van der Waals surface area contributed by atoms with E-state index in [0.29, 0.717) is 11.4 Å². The molecule has 0 saturated heterocycles. The van der Waals surface area contributed by atoms with Crippen molar-refractivity contribution in [3.05, 3.63) is 80.8 Å². The van der Waals surface area contributed by atoms with Crippen molar-refractivity contribution < 1.29 is 30.5 Å². The van der Waals surface area contributed by atoms with Crippen LogP contribution in [0.15, 0.2) is 47.8 Å². The lowest BCUT2D eigenvalue weighted by molar-refractivity contribution is -0.0562. The van der Waals surface area contributed by atoms with Crippen molar-refractivity contribution in [2.45, 2.75) is 18.5 Å². The van der Waals surface area contributed by atoms with Crippen LogP contribution in [-0.4, -0.2) is 26.0 Å². The van der Waals surface area contributed by atoms with Crippen molar-refractivity contribution in [2.75, 3.05) is 7.11 Å². The molecular weight excluding hydrogens is 477 g/mol. The summed E-state index contributed by atoms with van der Waals surface area (Å²) >= 11 is 1.39. The number of aryl methyl sites for hydroxylation is 1. The van der Waals surface area contributed by atoms with Crippen LogP contribution >= 0.6 is 11.3 Å². The number of ether oxygens (including phenoxy) is 1. The van der Waals surface area contributed by atoms with Crippen LogP contribution in [0, 0.1) is 30.1 Å². The highest BCUT2D eigenvalue weighted by molar-refractivity contribution is 7.87. The highest BCUT2D eigenvalue weighted by Crippen LogP contribution is 2.35. The average Bonchev–Trinajstić information content (AvgIpc) is 3.20. The van der Waals surface area contributed by atoms with Gasteiger partial charge in [0, 0.05) is 10.9 Å². The fraction of sp³-hybridized carbons (Fsp3) is 0.182. The molecule has 0 aliphatic heterocycles. The molecule has 1 heterocycles. The number of benzene rings is 2. The summed E-state index contributed by atoms with van der Waals surface area (Å²) in [6, 6.07) is 11.6. The Morgan fingerprint density at radius 2 is 1.73 bits per heavy atom. The molecule has 170 valence electrons. The molecule has 0 saturated carbocycles. The number of hydrogen-bond donors (Lipinski definition) is 0. The van der Waals surface area contributed by atoms with Gasteiger partial charge in [0.05, 0.1) is 23.8 Å². The minimum absolute atomic E-state index is 0.00537. The van der Waals surface area contributed by atoms with Crippen LogP contribution in [0.3, 0.4) is 0 Å². The molecule has 33 heavy (non-hydrogen) atoms. The standard InChI is InChI=1S/C22H15F3N2O4S2/c1-14-27-19(13-32-14)6-3-15-9-16(12-26)11-18(10-15)21(31-33(28,29)22(23,24)25)17-4-7-20(30-2)8-5-17/h4-5,7-11,13,21H,1-2H3/t21-/m1/s1. The van der Waals surface area contributed by atoms with E-state index in [1.807, 2.05) is 13.0 Å². The summed E-state index contributed by atoms with van der Waals surface area (Å²) in [5.41, 5.74) is -4.68. The van der Waals surface area contributed by atoms with Crippen LogP contribution in [-0.2, 0) is 14.3 Å². The number of halogens is 3. The molecule has 0 aliphatic rings. The van der Waals surface area contributed by atoms with Gasteiger partial charge in [-0.05, 0) is 54.3 Å². The van der Waals surface area contributed by atoms with Crippen molar-refractivity contribution in [3.8, 4) is 23.7 Å². The molecule has 6 nitrogen and oxygen atoms in total. The van der Waals surface area contributed by atoms with Crippen LogP contribution in [0.25, 0.3) is 0 Å². The zero-order valence-corrected chi connectivity index (χ0v) is 18.8. The second kappa shape index (κ2) is 9.63. The van der Waals surface area contributed by atoms with E-state index in [4.69, 9.17) is 4.74 Å². The fourth-order valence-corrected chi connectivity index (χ4v) is 3.89. The zero-order chi connectivity index (χ0) is 24.2. The first kappa shape index (κ1) is 24.3. The monoisotopic (exact) mass is 492 g/mol. The van der Waals surface area contributed by atoms with E-state index in [9.17, 15) is 26.9 Å². The molecule has 3 aromatic rings. The van der Waals surface area contributed by atoms with Crippen molar-refractivity contribution >= 4 is 21.5 Å². The predicted molar refractivity (Wildman–Crippen MR) is 115 cm³/mol. The first-order valence-electron chi connectivity index (χ1n) is 9.15. The maximum absolute atomic E-state index is 13.1. The summed E-state index contributed by atoms with van der Waals surface area (Å²) < 4.78 is 72.5. The SMILES string of the molecule is COc1ccc([C@@H](OS(=O)(=O)C(F)(F)F)c2cc(C#N)cc(C#Cc3csc(C)n3)c2)cc1. The normalized spacial score (nSPS) is 12.4. The topological polar surface area (TPSA) is 89.3 Å². The van der Waals surface area contributed by atoms with Gasteiger partial charge in [0.25, 0.3) is 0 Å². The van der Waals surface area contributed by atoms with Crippen LogP contribution in [0.1, 0.15) is 39.1 Å². The third kappa shape index (κ3) is 5.90. The zero-order valence-electron chi connectivity index (χ0n) is 17.2. The van der Waals surface area contributed by atoms with E-state index in [0.717, 1.165) is 5.01 Å². The molecule has 2 aromatic carbocycles. The second-order valence-electron chi connectivity index (χ2n) is 6.61. The Labute approximate surface area is 192 Å². The predicted octanol–water partition coefficient (Wildman–Crippen LogP) is 4.69. The minimum Gasteiger partial charge on any atom is -0.497 e. The smallest absolute Gasteiger partial charge is 0.497 e. The molecule has 0 radical (unpaired) electrons. The molecule has 0 fully saturated rings. The minimum atomic E-state index is -5.95. The Hall–Kier alpha value is -3.38. The molecule has 0 aliphatic carbocycles. The van der Waals surface area contributed by atoms with Crippen molar-refractivity contribution in [1.82, 2.24) is 4.98 Å².